The third-order valence-corrected chi connectivity index (χ3v) is 3.28. The molecule has 1 aliphatic rings. The third-order valence-electron chi connectivity index (χ3n) is 3.28. The fraction of sp³-hybridized carbons (Fsp3) is 0.385. The molecule has 1 saturated heterocycles. The highest BCUT2D eigenvalue weighted by Crippen LogP contribution is 2.43. The molecule has 5 nitrogen and oxygen atoms in total. The van der Waals surface area contributed by atoms with Crippen LogP contribution in [-0.2, 0) is 10.3 Å². The van der Waals surface area contributed by atoms with Crippen LogP contribution in [0.4, 0.5) is 18.0 Å². The van der Waals surface area contributed by atoms with E-state index in [1.165, 1.54) is 18.2 Å². The van der Waals surface area contributed by atoms with Crippen LogP contribution in [-0.4, -0.2) is 41.3 Å². The van der Waals surface area contributed by atoms with Crippen molar-refractivity contribution < 1.29 is 27.9 Å². The monoisotopic (exact) mass is 302 g/mol. The second-order valence-electron chi connectivity index (χ2n) is 4.58. The molecule has 3 amide bonds. The summed E-state index contributed by atoms with van der Waals surface area (Å²) in [6, 6.07) is 5.40. The summed E-state index contributed by atoms with van der Waals surface area (Å²) in [5.41, 5.74) is -3.41. The van der Waals surface area contributed by atoms with Gasteiger partial charge in [-0.25, -0.2) is 4.79 Å². The van der Waals surface area contributed by atoms with Gasteiger partial charge in [-0.3, -0.25) is 9.69 Å². The minimum Gasteiger partial charge on any atom is -0.396 e. The Labute approximate surface area is 118 Å². The van der Waals surface area contributed by atoms with Crippen LogP contribution in [0.2, 0.25) is 0 Å². The molecular weight excluding hydrogens is 289 g/mol. The summed E-state index contributed by atoms with van der Waals surface area (Å²) in [5.74, 6) is -1.38. The number of carbonyl (C=O) groups is 2. The first kappa shape index (κ1) is 15.3. The number of amides is 3. The van der Waals surface area contributed by atoms with E-state index in [4.69, 9.17) is 5.11 Å². The number of carbonyl (C=O) groups excluding carboxylic acids is 2. The second kappa shape index (κ2) is 5.36. The lowest BCUT2D eigenvalue weighted by molar-refractivity contribution is -0.198. The topological polar surface area (TPSA) is 69.6 Å². The van der Waals surface area contributed by atoms with Crippen LogP contribution >= 0.6 is 0 Å². The van der Waals surface area contributed by atoms with Crippen molar-refractivity contribution in [2.24, 2.45) is 0 Å². The molecule has 0 aromatic heterocycles. The lowest BCUT2D eigenvalue weighted by Crippen LogP contribution is -2.55. The first-order valence-corrected chi connectivity index (χ1v) is 6.22. The predicted molar refractivity (Wildman–Crippen MR) is 66.1 cm³/mol. The van der Waals surface area contributed by atoms with Gasteiger partial charge in [-0.15, -0.1) is 0 Å². The number of imide groups is 1. The Bertz CT molecular complexity index is 547. The molecule has 114 valence electrons. The number of alkyl halides is 3. The minimum absolute atomic E-state index is 0.0158. The van der Waals surface area contributed by atoms with E-state index >= 15 is 0 Å². The van der Waals surface area contributed by atoms with Crippen LogP contribution in [0.25, 0.3) is 0 Å². The zero-order valence-electron chi connectivity index (χ0n) is 10.9. The molecule has 8 heteroatoms. The Hall–Kier alpha value is -2.09. The molecule has 1 heterocycles. The number of nitrogens with one attached hydrogen (secondary N) is 1. The number of nitrogens with zero attached hydrogens (tertiary/aromatic N) is 1. The van der Waals surface area contributed by atoms with Crippen LogP contribution in [0, 0.1) is 0 Å². The molecule has 0 saturated carbocycles. The maximum Gasteiger partial charge on any atom is 0.425 e. The minimum atomic E-state index is -4.98. The summed E-state index contributed by atoms with van der Waals surface area (Å²) in [5, 5.41) is 10.5. The summed E-state index contributed by atoms with van der Waals surface area (Å²) >= 11 is 0. The molecule has 1 aromatic rings. The summed E-state index contributed by atoms with van der Waals surface area (Å²) in [6.45, 7) is -0.604. The van der Waals surface area contributed by atoms with Gasteiger partial charge in [0.15, 0.2) is 0 Å². The number of hydrogen-bond donors (Lipinski definition) is 2. The molecule has 21 heavy (non-hydrogen) atoms. The number of hydrogen-bond acceptors (Lipinski definition) is 3. The van der Waals surface area contributed by atoms with E-state index in [1.54, 1.807) is 5.32 Å². The van der Waals surface area contributed by atoms with Crippen LogP contribution < -0.4 is 5.32 Å². The molecule has 1 aromatic carbocycles. The molecule has 2 rings (SSSR count). The Morgan fingerprint density at radius 1 is 1.19 bits per heavy atom. The van der Waals surface area contributed by atoms with Gasteiger partial charge in [0.05, 0.1) is 0 Å². The van der Waals surface area contributed by atoms with Crippen molar-refractivity contribution in [2.75, 3.05) is 13.2 Å². The molecule has 1 atom stereocenters. The lowest BCUT2D eigenvalue weighted by Gasteiger charge is -2.29. The molecule has 0 spiro atoms. The molecule has 0 bridgehead atoms. The fourth-order valence-electron chi connectivity index (χ4n) is 2.25. The van der Waals surface area contributed by atoms with Gasteiger partial charge in [0, 0.05) is 13.2 Å². The molecule has 1 aliphatic heterocycles. The average Bonchev–Trinajstić information content (AvgIpc) is 2.70. The van der Waals surface area contributed by atoms with E-state index in [0.29, 0.717) is 4.90 Å². The number of aliphatic hydroxyl groups excluding tert-OH is 1. The summed E-state index contributed by atoms with van der Waals surface area (Å²) in [6.07, 6.45) is -4.96. The van der Waals surface area contributed by atoms with Crippen LogP contribution in [0.5, 0.6) is 0 Å². The van der Waals surface area contributed by atoms with Crippen molar-refractivity contribution in [3.63, 3.8) is 0 Å². The van der Waals surface area contributed by atoms with Crippen LogP contribution in [0.15, 0.2) is 30.3 Å². The smallest absolute Gasteiger partial charge is 0.396 e. The number of benzene rings is 1. The molecule has 1 fully saturated rings. The van der Waals surface area contributed by atoms with Gasteiger partial charge in [-0.2, -0.15) is 13.2 Å². The van der Waals surface area contributed by atoms with Crippen molar-refractivity contribution >= 4 is 11.9 Å². The predicted octanol–water partition coefficient (Wildman–Crippen LogP) is 1.38. The zero-order chi connectivity index (χ0) is 15.7. The van der Waals surface area contributed by atoms with Gasteiger partial charge in [0.1, 0.15) is 0 Å². The molecule has 0 radical (unpaired) electrons. The van der Waals surface area contributed by atoms with Crippen molar-refractivity contribution in [1.82, 2.24) is 10.2 Å². The van der Waals surface area contributed by atoms with E-state index in [-0.39, 0.29) is 25.1 Å². The van der Waals surface area contributed by atoms with Gasteiger partial charge < -0.3 is 10.4 Å². The van der Waals surface area contributed by atoms with Crippen molar-refractivity contribution in [3.05, 3.63) is 35.9 Å². The molecule has 0 aliphatic carbocycles. The SMILES string of the molecule is O=C1NC(c2ccccc2)(C(F)(F)F)C(=O)N1CCCO. The second-order valence-corrected chi connectivity index (χ2v) is 4.58. The third kappa shape index (κ3) is 2.35. The lowest BCUT2D eigenvalue weighted by atomic mass is 9.89. The Balaban J connectivity index is 2.49. The van der Waals surface area contributed by atoms with Crippen LogP contribution in [0.3, 0.4) is 0 Å². The maximum atomic E-state index is 13.5. The maximum absolute atomic E-state index is 13.5. The van der Waals surface area contributed by atoms with Gasteiger partial charge >= 0.3 is 12.2 Å². The molecular formula is C13H13F3N2O3. The number of aliphatic hydroxyl groups is 1. The molecule has 2 N–H and O–H groups in total. The summed E-state index contributed by atoms with van der Waals surface area (Å²) in [4.78, 5) is 24.5. The normalized spacial score (nSPS) is 22.6. The highest BCUT2D eigenvalue weighted by molar-refractivity contribution is 6.08. The molecule has 1 unspecified atom stereocenters. The standard InChI is InChI=1S/C13H13F3N2O3/c14-13(15,16)12(9-5-2-1-3-6-9)10(20)18(7-4-8-19)11(21)17-12/h1-3,5-6,19H,4,7-8H2,(H,17,21). The van der Waals surface area contributed by atoms with Crippen molar-refractivity contribution in [2.45, 2.75) is 18.1 Å². The largest absolute Gasteiger partial charge is 0.425 e. The van der Waals surface area contributed by atoms with Gasteiger partial charge in [0.25, 0.3) is 5.91 Å². The van der Waals surface area contributed by atoms with E-state index in [2.05, 4.69) is 0 Å². The quantitative estimate of drug-likeness (QED) is 0.826. The van der Waals surface area contributed by atoms with E-state index in [1.807, 2.05) is 0 Å². The summed E-state index contributed by atoms with van der Waals surface area (Å²) in [7, 11) is 0. The Morgan fingerprint density at radius 3 is 2.33 bits per heavy atom. The van der Waals surface area contributed by atoms with Crippen molar-refractivity contribution in [1.29, 1.82) is 0 Å². The number of rotatable bonds is 4. The highest BCUT2D eigenvalue weighted by Gasteiger charge is 2.68. The highest BCUT2D eigenvalue weighted by atomic mass is 19.4. The van der Waals surface area contributed by atoms with Crippen molar-refractivity contribution in [3.8, 4) is 0 Å². The van der Waals surface area contributed by atoms with Gasteiger partial charge in [-0.1, -0.05) is 30.3 Å². The first-order valence-electron chi connectivity index (χ1n) is 6.22. The van der Waals surface area contributed by atoms with E-state index in [9.17, 15) is 22.8 Å². The number of urea groups is 1. The van der Waals surface area contributed by atoms with E-state index < -0.39 is 23.7 Å². The summed E-state index contributed by atoms with van der Waals surface area (Å²) < 4.78 is 40.5. The fourth-order valence-corrected chi connectivity index (χ4v) is 2.25. The first-order chi connectivity index (χ1) is 9.84. The Morgan fingerprint density at radius 2 is 1.81 bits per heavy atom. The zero-order valence-corrected chi connectivity index (χ0v) is 10.9. The number of halogens is 3. The average molecular weight is 302 g/mol. The van der Waals surface area contributed by atoms with E-state index in [0.717, 1.165) is 12.1 Å². The van der Waals surface area contributed by atoms with Gasteiger partial charge in [-0.05, 0) is 12.0 Å². The van der Waals surface area contributed by atoms with Gasteiger partial charge in [0.2, 0.25) is 5.54 Å². The Kier molecular flexibility index (Phi) is 3.91. The van der Waals surface area contributed by atoms with Crippen LogP contribution in [0.1, 0.15) is 12.0 Å².